The van der Waals surface area contributed by atoms with Gasteiger partial charge >= 0.3 is 0 Å². The number of rotatable bonds is 3. The summed E-state index contributed by atoms with van der Waals surface area (Å²) in [5.41, 5.74) is 0.933. The zero-order valence-corrected chi connectivity index (χ0v) is 8.62. The van der Waals surface area contributed by atoms with Crippen molar-refractivity contribution in [2.75, 3.05) is 6.26 Å². The maximum atomic E-state index is 12.9. The molecule has 1 aromatic carbocycles. The van der Waals surface area contributed by atoms with E-state index in [1.165, 1.54) is 6.07 Å². The third kappa shape index (κ3) is 2.34. The van der Waals surface area contributed by atoms with Crippen LogP contribution in [0.4, 0.5) is 4.39 Å². The molecule has 0 unspecified atom stereocenters. The molecule has 0 spiro atoms. The maximum absolute atomic E-state index is 12.9. The van der Waals surface area contributed by atoms with Gasteiger partial charge in [0.25, 0.3) is 0 Å². The molecule has 1 rings (SSSR count). The first-order valence-corrected chi connectivity index (χ1v) is 5.21. The molecule has 0 heterocycles. The topological polar surface area (TPSA) is 0 Å². The van der Waals surface area contributed by atoms with Gasteiger partial charge in [0.15, 0.2) is 0 Å². The Morgan fingerprint density at radius 1 is 1.54 bits per heavy atom. The van der Waals surface area contributed by atoms with Crippen LogP contribution in [0.5, 0.6) is 0 Å². The largest absolute Gasteiger partial charge is 0.207 e. The summed E-state index contributed by atoms with van der Waals surface area (Å²) >= 11 is 1.61. The lowest BCUT2D eigenvalue weighted by molar-refractivity contribution is 0.625. The molecule has 0 aromatic heterocycles. The molecule has 0 fully saturated rings. The second-order valence-corrected chi connectivity index (χ2v) is 3.58. The fourth-order valence-electron chi connectivity index (χ4n) is 1.10. The molecule has 1 aromatic rings. The molecule has 0 aliphatic heterocycles. The minimum atomic E-state index is -0.200. The standard InChI is InChI=1S/C11H12FS/c1-4-8(2)10-7-9(12)5-6-11(10)13-3/h4-7H,1H2,2-3H3. The van der Waals surface area contributed by atoms with Gasteiger partial charge in [-0.15, -0.1) is 18.3 Å². The first kappa shape index (κ1) is 10.3. The van der Waals surface area contributed by atoms with Crippen molar-refractivity contribution < 1.29 is 4.39 Å². The minimum absolute atomic E-state index is 0.200. The molecule has 2 heteroatoms. The molecular weight excluding hydrogens is 183 g/mol. The van der Waals surface area contributed by atoms with Gasteiger partial charge in [-0.25, -0.2) is 4.39 Å². The van der Waals surface area contributed by atoms with Crippen LogP contribution in [0, 0.1) is 11.7 Å². The average molecular weight is 195 g/mol. The van der Waals surface area contributed by atoms with Crippen LogP contribution in [0.2, 0.25) is 0 Å². The Hall–Kier alpha value is -0.760. The van der Waals surface area contributed by atoms with Crippen molar-refractivity contribution in [3.05, 3.63) is 48.2 Å². The van der Waals surface area contributed by atoms with Crippen molar-refractivity contribution in [2.45, 2.75) is 11.8 Å². The molecule has 0 atom stereocenters. The van der Waals surface area contributed by atoms with Crippen LogP contribution in [0.3, 0.4) is 0 Å². The van der Waals surface area contributed by atoms with Crippen molar-refractivity contribution in [2.24, 2.45) is 0 Å². The van der Waals surface area contributed by atoms with Gasteiger partial charge in [-0.05, 0) is 30.0 Å². The molecule has 1 radical (unpaired) electrons. The van der Waals surface area contributed by atoms with Crippen molar-refractivity contribution >= 4 is 11.8 Å². The fourth-order valence-corrected chi connectivity index (χ4v) is 1.74. The van der Waals surface area contributed by atoms with Crippen molar-refractivity contribution in [3.63, 3.8) is 0 Å². The SMILES string of the molecule is C=C[C](C)c1cc(F)ccc1SC. The Balaban J connectivity index is 3.14. The van der Waals surface area contributed by atoms with Gasteiger partial charge in [-0.3, -0.25) is 0 Å². The lowest BCUT2D eigenvalue weighted by Crippen LogP contribution is -1.93. The van der Waals surface area contributed by atoms with Crippen LogP contribution < -0.4 is 0 Å². The summed E-state index contributed by atoms with van der Waals surface area (Å²) in [6.07, 6.45) is 3.72. The van der Waals surface area contributed by atoms with Gasteiger partial charge in [0, 0.05) is 10.8 Å². The second-order valence-electron chi connectivity index (χ2n) is 2.73. The molecule has 0 saturated carbocycles. The third-order valence-corrected chi connectivity index (χ3v) is 2.69. The molecule has 0 nitrogen and oxygen atoms in total. The first-order valence-electron chi connectivity index (χ1n) is 3.99. The summed E-state index contributed by atoms with van der Waals surface area (Å²) in [7, 11) is 0. The average Bonchev–Trinajstić information content (AvgIpc) is 2.16. The maximum Gasteiger partial charge on any atom is 0.123 e. The summed E-state index contributed by atoms with van der Waals surface area (Å²) < 4.78 is 12.9. The second kappa shape index (κ2) is 4.47. The highest BCUT2D eigenvalue weighted by atomic mass is 32.2. The molecule has 0 N–H and O–H groups in total. The van der Waals surface area contributed by atoms with Crippen LogP contribution in [0.15, 0.2) is 35.7 Å². The van der Waals surface area contributed by atoms with E-state index < -0.39 is 0 Å². The highest BCUT2D eigenvalue weighted by Gasteiger charge is 2.08. The summed E-state index contributed by atoms with van der Waals surface area (Å²) in [4.78, 5) is 1.08. The van der Waals surface area contributed by atoms with E-state index in [0.29, 0.717) is 0 Å². The van der Waals surface area contributed by atoms with Crippen LogP contribution in [-0.2, 0) is 0 Å². The molecular formula is C11H12FS. The van der Waals surface area contributed by atoms with Crippen molar-refractivity contribution in [3.8, 4) is 0 Å². The molecule has 0 saturated heterocycles. The molecule has 13 heavy (non-hydrogen) atoms. The normalized spacial score (nSPS) is 10.5. The van der Waals surface area contributed by atoms with E-state index in [2.05, 4.69) is 6.58 Å². The van der Waals surface area contributed by atoms with Crippen LogP contribution in [0.1, 0.15) is 12.5 Å². The fraction of sp³-hybridized carbons (Fsp3) is 0.182. The van der Waals surface area contributed by atoms with Gasteiger partial charge < -0.3 is 0 Å². The molecule has 69 valence electrons. The number of hydrogen-bond acceptors (Lipinski definition) is 1. The molecule has 0 aliphatic carbocycles. The third-order valence-electron chi connectivity index (χ3n) is 1.89. The predicted molar refractivity (Wildman–Crippen MR) is 56.4 cm³/mol. The van der Waals surface area contributed by atoms with Gasteiger partial charge in [0.2, 0.25) is 0 Å². The molecule has 0 bridgehead atoms. The Labute approximate surface area is 82.9 Å². The predicted octanol–water partition coefficient (Wildman–Crippen LogP) is 3.68. The summed E-state index contributed by atoms with van der Waals surface area (Å²) in [6.45, 7) is 5.61. The van der Waals surface area contributed by atoms with Crippen LogP contribution in [-0.4, -0.2) is 6.26 Å². The monoisotopic (exact) mass is 195 g/mol. The van der Waals surface area contributed by atoms with E-state index >= 15 is 0 Å². The zero-order chi connectivity index (χ0) is 9.84. The van der Waals surface area contributed by atoms with Gasteiger partial charge in [0.05, 0.1) is 0 Å². The smallest absolute Gasteiger partial charge is 0.123 e. The molecule has 0 amide bonds. The van der Waals surface area contributed by atoms with E-state index in [4.69, 9.17) is 0 Å². The number of thioether (sulfide) groups is 1. The molecule has 0 aliphatic rings. The number of allylic oxidation sites excluding steroid dienone is 1. The highest BCUT2D eigenvalue weighted by Crippen LogP contribution is 2.27. The van der Waals surface area contributed by atoms with E-state index in [0.717, 1.165) is 16.4 Å². The Kier molecular flexibility index (Phi) is 3.55. The van der Waals surface area contributed by atoms with Crippen LogP contribution >= 0.6 is 11.8 Å². The first-order chi connectivity index (χ1) is 6.19. The Bertz CT molecular complexity index is 307. The summed E-state index contributed by atoms with van der Waals surface area (Å²) in [5.74, 6) is 0.804. The van der Waals surface area contributed by atoms with Crippen molar-refractivity contribution in [1.82, 2.24) is 0 Å². The van der Waals surface area contributed by atoms with E-state index in [1.54, 1.807) is 30.0 Å². The van der Waals surface area contributed by atoms with E-state index in [-0.39, 0.29) is 5.82 Å². The number of benzene rings is 1. The Morgan fingerprint density at radius 3 is 2.77 bits per heavy atom. The van der Waals surface area contributed by atoms with Crippen LogP contribution in [0.25, 0.3) is 0 Å². The van der Waals surface area contributed by atoms with Crippen molar-refractivity contribution in [1.29, 1.82) is 0 Å². The zero-order valence-electron chi connectivity index (χ0n) is 7.80. The quantitative estimate of drug-likeness (QED) is 0.663. The van der Waals surface area contributed by atoms with E-state index in [1.807, 2.05) is 13.2 Å². The number of halogens is 1. The summed E-state index contributed by atoms with van der Waals surface area (Å²) in [5, 5.41) is 0. The minimum Gasteiger partial charge on any atom is -0.207 e. The van der Waals surface area contributed by atoms with Gasteiger partial charge in [0.1, 0.15) is 5.82 Å². The lowest BCUT2D eigenvalue weighted by atomic mass is 10.0. The summed E-state index contributed by atoms with van der Waals surface area (Å²) in [6, 6.07) is 4.82. The Morgan fingerprint density at radius 2 is 2.23 bits per heavy atom. The van der Waals surface area contributed by atoms with Gasteiger partial charge in [-0.1, -0.05) is 13.0 Å². The highest BCUT2D eigenvalue weighted by molar-refractivity contribution is 7.98. The van der Waals surface area contributed by atoms with E-state index in [9.17, 15) is 4.39 Å². The lowest BCUT2D eigenvalue weighted by Gasteiger charge is -2.10. The van der Waals surface area contributed by atoms with Gasteiger partial charge in [-0.2, -0.15) is 0 Å². The number of hydrogen-bond donors (Lipinski definition) is 0.